The van der Waals surface area contributed by atoms with Crippen LogP contribution in [0.4, 0.5) is 5.69 Å². The van der Waals surface area contributed by atoms with Crippen molar-refractivity contribution < 1.29 is 28.5 Å². The van der Waals surface area contributed by atoms with Gasteiger partial charge in [-0.1, -0.05) is 18.9 Å². The van der Waals surface area contributed by atoms with Gasteiger partial charge in [-0.3, -0.25) is 9.59 Å². The summed E-state index contributed by atoms with van der Waals surface area (Å²) in [5.41, 5.74) is 0.897. The zero-order chi connectivity index (χ0) is 23.5. The molecule has 1 saturated carbocycles. The summed E-state index contributed by atoms with van der Waals surface area (Å²) in [6, 6.07) is 11.1. The number of nitrogens with zero attached hydrogens (tertiary/aromatic N) is 1. The molecule has 2 aromatic carbocycles. The fraction of sp³-hybridized carbons (Fsp3) is 0.462. The van der Waals surface area contributed by atoms with Crippen LogP contribution in [0.15, 0.2) is 36.4 Å². The standard InChI is InChI=1S/C26H30N2O6/c1-2-28(17-24(29)27-19-6-8-21-23(16-19)34-14-12-32-21)25(30)26(9-3-4-10-26)18-5-7-20-22(15-18)33-13-11-31-20/h5-8,15-16H,2-4,9-14,17H2,1H3,(H,27,29). The van der Waals surface area contributed by atoms with Gasteiger partial charge in [0, 0.05) is 18.3 Å². The van der Waals surface area contributed by atoms with Crippen molar-refractivity contribution in [2.24, 2.45) is 0 Å². The molecular formula is C26H30N2O6. The number of ether oxygens (including phenoxy) is 4. The van der Waals surface area contributed by atoms with Crippen molar-refractivity contribution in [3.63, 3.8) is 0 Å². The highest BCUT2D eigenvalue weighted by atomic mass is 16.6. The molecule has 180 valence electrons. The Kier molecular flexibility index (Phi) is 6.22. The third kappa shape index (κ3) is 4.24. The quantitative estimate of drug-likeness (QED) is 0.701. The summed E-state index contributed by atoms with van der Waals surface area (Å²) in [6.07, 6.45) is 3.46. The van der Waals surface area contributed by atoms with E-state index in [1.165, 1.54) is 0 Å². The van der Waals surface area contributed by atoms with E-state index in [4.69, 9.17) is 18.9 Å². The summed E-state index contributed by atoms with van der Waals surface area (Å²) < 4.78 is 22.6. The highest BCUT2D eigenvalue weighted by Crippen LogP contribution is 2.45. The minimum absolute atomic E-state index is 0.0125. The number of hydrogen-bond donors (Lipinski definition) is 1. The van der Waals surface area contributed by atoms with Crippen LogP contribution in [0.2, 0.25) is 0 Å². The van der Waals surface area contributed by atoms with Crippen molar-refractivity contribution in [2.45, 2.75) is 38.0 Å². The van der Waals surface area contributed by atoms with Crippen molar-refractivity contribution in [1.82, 2.24) is 4.90 Å². The molecule has 1 aliphatic carbocycles. The first-order valence-corrected chi connectivity index (χ1v) is 12.0. The highest BCUT2D eigenvalue weighted by molar-refractivity contribution is 5.97. The van der Waals surface area contributed by atoms with Crippen LogP contribution in [-0.2, 0) is 15.0 Å². The maximum absolute atomic E-state index is 13.9. The lowest BCUT2D eigenvalue weighted by Crippen LogP contribution is -2.48. The predicted molar refractivity (Wildman–Crippen MR) is 126 cm³/mol. The number of hydrogen-bond acceptors (Lipinski definition) is 6. The van der Waals surface area contributed by atoms with Gasteiger partial charge in [0.2, 0.25) is 11.8 Å². The van der Waals surface area contributed by atoms with Crippen molar-refractivity contribution in [2.75, 3.05) is 44.8 Å². The van der Waals surface area contributed by atoms with Gasteiger partial charge in [0.25, 0.3) is 0 Å². The molecule has 0 atom stereocenters. The highest BCUT2D eigenvalue weighted by Gasteiger charge is 2.45. The second kappa shape index (κ2) is 9.44. The molecule has 0 unspecified atom stereocenters. The molecule has 2 amide bonds. The Morgan fingerprint density at radius 2 is 1.44 bits per heavy atom. The zero-order valence-corrected chi connectivity index (χ0v) is 19.4. The van der Waals surface area contributed by atoms with E-state index >= 15 is 0 Å². The largest absolute Gasteiger partial charge is 0.486 e. The van der Waals surface area contributed by atoms with Crippen LogP contribution in [0.25, 0.3) is 0 Å². The first kappa shape index (κ1) is 22.4. The number of likely N-dealkylation sites (N-methyl/N-ethyl adjacent to an activating group) is 1. The van der Waals surface area contributed by atoms with Crippen LogP contribution < -0.4 is 24.3 Å². The molecule has 8 nitrogen and oxygen atoms in total. The van der Waals surface area contributed by atoms with Gasteiger partial charge in [0.1, 0.15) is 26.4 Å². The maximum atomic E-state index is 13.9. The van der Waals surface area contributed by atoms with Gasteiger partial charge >= 0.3 is 0 Å². The van der Waals surface area contributed by atoms with Gasteiger partial charge in [-0.2, -0.15) is 0 Å². The second-order valence-electron chi connectivity index (χ2n) is 8.87. The van der Waals surface area contributed by atoms with E-state index in [0.717, 1.165) is 31.2 Å². The Bertz CT molecular complexity index is 1080. The summed E-state index contributed by atoms with van der Waals surface area (Å²) in [4.78, 5) is 28.4. The third-order valence-corrected chi connectivity index (χ3v) is 6.79. The Hall–Kier alpha value is -3.42. The number of rotatable bonds is 6. The molecule has 2 heterocycles. The Morgan fingerprint density at radius 3 is 2.09 bits per heavy atom. The van der Waals surface area contributed by atoms with E-state index in [2.05, 4.69) is 5.32 Å². The number of fused-ring (bicyclic) bond motifs is 2. The molecule has 0 radical (unpaired) electrons. The van der Waals surface area contributed by atoms with E-state index in [-0.39, 0.29) is 18.4 Å². The molecule has 3 aliphatic rings. The fourth-order valence-corrected chi connectivity index (χ4v) is 5.07. The van der Waals surface area contributed by atoms with Gasteiger partial charge in [-0.05, 0) is 49.6 Å². The molecule has 1 fully saturated rings. The van der Waals surface area contributed by atoms with Crippen molar-refractivity contribution in [3.8, 4) is 23.0 Å². The number of carbonyl (C=O) groups is 2. The smallest absolute Gasteiger partial charge is 0.243 e. The second-order valence-corrected chi connectivity index (χ2v) is 8.87. The lowest BCUT2D eigenvalue weighted by molar-refractivity contribution is -0.139. The van der Waals surface area contributed by atoms with E-state index in [1.54, 1.807) is 23.1 Å². The van der Waals surface area contributed by atoms with Crippen LogP contribution >= 0.6 is 0 Å². The molecule has 0 spiro atoms. The van der Waals surface area contributed by atoms with Crippen LogP contribution in [0.5, 0.6) is 23.0 Å². The number of nitrogens with one attached hydrogen (secondary N) is 1. The fourth-order valence-electron chi connectivity index (χ4n) is 5.07. The molecule has 34 heavy (non-hydrogen) atoms. The van der Waals surface area contributed by atoms with Crippen LogP contribution in [0, 0.1) is 0 Å². The SMILES string of the molecule is CCN(CC(=O)Nc1ccc2c(c1)OCCO2)C(=O)C1(c2ccc3c(c2)OCCO3)CCCC1. The van der Waals surface area contributed by atoms with Crippen molar-refractivity contribution >= 4 is 17.5 Å². The van der Waals surface area contributed by atoms with E-state index in [0.29, 0.717) is 61.7 Å². The normalized spacial score (nSPS) is 17.7. The van der Waals surface area contributed by atoms with Gasteiger partial charge in [0.15, 0.2) is 23.0 Å². The third-order valence-electron chi connectivity index (χ3n) is 6.79. The molecule has 2 aliphatic heterocycles. The first-order valence-electron chi connectivity index (χ1n) is 12.0. The average molecular weight is 467 g/mol. The molecule has 5 rings (SSSR count). The Labute approximate surface area is 199 Å². The monoisotopic (exact) mass is 466 g/mol. The topological polar surface area (TPSA) is 86.3 Å². The lowest BCUT2D eigenvalue weighted by Gasteiger charge is -2.34. The van der Waals surface area contributed by atoms with Crippen LogP contribution in [0.1, 0.15) is 38.2 Å². The predicted octanol–water partition coefficient (Wildman–Crippen LogP) is 3.53. The summed E-state index contributed by atoms with van der Waals surface area (Å²) >= 11 is 0. The summed E-state index contributed by atoms with van der Waals surface area (Å²) in [5.74, 6) is 2.40. The number of carbonyl (C=O) groups excluding carboxylic acids is 2. The molecule has 0 saturated heterocycles. The minimum Gasteiger partial charge on any atom is -0.486 e. The summed E-state index contributed by atoms with van der Waals surface area (Å²) in [7, 11) is 0. The summed E-state index contributed by atoms with van der Waals surface area (Å²) in [5, 5.41) is 2.89. The maximum Gasteiger partial charge on any atom is 0.243 e. The molecule has 0 aromatic heterocycles. The van der Waals surface area contributed by atoms with Crippen molar-refractivity contribution in [3.05, 3.63) is 42.0 Å². The van der Waals surface area contributed by atoms with Crippen molar-refractivity contribution in [1.29, 1.82) is 0 Å². The molecular weight excluding hydrogens is 436 g/mol. The van der Waals surface area contributed by atoms with Crippen LogP contribution in [0.3, 0.4) is 0 Å². The van der Waals surface area contributed by atoms with Gasteiger partial charge < -0.3 is 29.2 Å². The average Bonchev–Trinajstić information content (AvgIpc) is 3.38. The van der Waals surface area contributed by atoms with Crippen LogP contribution in [-0.4, -0.2) is 56.2 Å². The molecule has 2 aromatic rings. The lowest BCUT2D eigenvalue weighted by atomic mass is 9.77. The zero-order valence-electron chi connectivity index (χ0n) is 19.4. The van der Waals surface area contributed by atoms with Gasteiger partial charge in [0.05, 0.1) is 12.0 Å². The molecule has 1 N–H and O–H groups in total. The van der Waals surface area contributed by atoms with E-state index in [1.807, 2.05) is 25.1 Å². The molecule has 8 heteroatoms. The van der Waals surface area contributed by atoms with Gasteiger partial charge in [-0.15, -0.1) is 0 Å². The first-order chi connectivity index (χ1) is 16.6. The number of amides is 2. The minimum atomic E-state index is -0.650. The van der Waals surface area contributed by atoms with E-state index in [9.17, 15) is 9.59 Å². The Morgan fingerprint density at radius 1 is 0.853 bits per heavy atom. The number of anilines is 1. The Balaban J connectivity index is 1.32. The molecule has 0 bridgehead atoms. The number of benzene rings is 2. The van der Waals surface area contributed by atoms with Gasteiger partial charge in [-0.25, -0.2) is 0 Å². The summed E-state index contributed by atoms with van der Waals surface area (Å²) in [6.45, 7) is 4.34. The van der Waals surface area contributed by atoms with E-state index < -0.39 is 5.41 Å².